The number of anilines is 1. The van der Waals surface area contributed by atoms with Crippen molar-refractivity contribution in [2.45, 2.75) is 24.3 Å². The van der Waals surface area contributed by atoms with Gasteiger partial charge in [0.05, 0.1) is 23.1 Å². The van der Waals surface area contributed by atoms with E-state index >= 15 is 0 Å². The van der Waals surface area contributed by atoms with Gasteiger partial charge in [-0.15, -0.1) is 10.2 Å². The zero-order chi connectivity index (χ0) is 20.3. The molecule has 3 rings (SSSR count). The van der Waals surface area contributed by atoms with Crippen LogP contribution in [0.25, 0.3) is 11.4 Å². The van der Waals surface area contributed by atoms with Gasteiger partial charge in [-0.25, -0.2) is 0 Å². The second-order valence-electron chi connectivity index (χ2n) is 6.30. The molecule has 0 aliphatic carbocycles. The Labute approximate surface area is 173 Å². The van der Waals surface area contributed by atoms with E-state index in [2.05, 4.69) is 15.5 Å². The molecular formula is C20H21ClN4O2S. The fourth-order valence-electron chi connectivity index (χ4n) is 2.66. The number of benzene rings is 2. The Hall–Kier alpha value is -2.51. The van der Waals surface area contributed by atoms with Crippen LogP contribution in [0.5, 0.6) is 5.75 Å². The Morgan fingerprint density at radius 3 is 2.71 bits per heavy atom. The van der Waals surface area contributed by atoms with Crippen LogP contribution in [0.15, 0.2) is 47.6 Å². The number of methoxy groups -OCH3 is 1. The van der Waals surface area contributed by atoms with Crippen molar-refractivity contribution < 1.29 is 9.53 Å². The Balaban J connectivity index is 1.75. The summed E-state index contributed by atoms with van der Waals surface area (Å²) >= 11 is 7.59. The van der Waals surface area contributed by atoms with Crippen molar-refractivity contribution in [3.63, 3.8) is 0 Å². The molecule has 1 amide bonds. The van der Waals surface area contributed by atoms with Gasteiger partial charge in [-0.1, -0.05) is 41.6 Å². The number of halogens is 1. The van der Waals surface area contributed by atoms with Crippen molar-refractivity contribution in [2.75, 3.05) is 12.4 Å². The van der Waals surface area contributed by atoms with Crippen LogP contribution in [0, 0.1) is 6.92 Å². The third-order valence-electron chi connectivity index (χ3n) is 4.21. The number of nitrogens with zero attached hydrogens (tertiary/aromatic N) is 3. The highest BCUT2D eigenvalue weighted by Gasteiger charge is 2.21. The molecule has 0 aliphatic heterocycles. The number of carbonyl (C=O) groups is 1. The fourth-order valence-corrected chi connectivity index (χ4v) is 3.70. The van der Waals surface area contributed by atoms with Crippen LogP contribution < -0.4 is 10.1 Å². The van der Waals surface area contributed by atoms with Gasteiger partial charge in [0, 0.05) is 12.6 Å². The first-order valence-corrected chi connectivity index (χ1v) is 9.93. The van der Waals surface area contributed by atoms with Crippen molar-refractivity contribution in [3.8, 4) is 17.1 Å². The lowest BCUT2D eigenvalue weighted by atomic mass is 10.2. The number of thioether (sulfide) groups is 1. The monoisotopic (exact) mass is 416 g/mol. The second-order valence-corrected chi connectivity index (χ2v) is 8.01. The molecule has 146 valence electrons. The van der Waals surface area contributed by atoms with E-state index in [-0.39, 0.29) is 11.2 Å². The highest BCUT2D eigenvalue weighted by Crippen LogP contribution is 2.31. The van der Waals surface area contributed by atoms with Crippen molar-refractivity contribution in [1.29, 1.82) is 0 Å². The number of hydrogen-bond acceptors (Lipinski definition) is 5. The van der Waals surface area contributed by atoms with Gasteiger partial charge in [0.25, 0.3) is 0 Å². The minimum absolute atomic E-state index is 0.142. The van der Waals surface area contributed by atoms with Gasteiger partial charge < -0.3 is 14.6 Å². The van der Waals surface area contributed by atoms with Gasteiger partial charge >= 0.3 is 0 Å². The molecule has 0 bridgehead atoms. The minimum Gasteiger partial charge on any atom is -0.495 e. The normalized spacial score (nSPS) is 11.9. The number of aromatic nitrogens is 3. The van der Waals surface area contributed by atoms with E-state index in [1.807, 2.05) is 67.9 Å². The van der Waals surface area contributed by atoms with Crippen LogP contribution in [0.4, 0.5) is 5.69 Å². The molecule has 3 aromatic rings. The van der Waals surface area contributed by atoms with Gasteiger partial charge in [0.15, 0.2) is 11.0 Å². The summed E-state index contributed by atoms with van der Waals surface area (Å²) in [5, 5.41) is 12.2. The third-order valence-corrected chi connectivity index (χ3v) is 5.68. The van der Waals surface area contributed by atoms with Crippen LogP contribution in [-0.4, -0.2) is 33.0 Å². The van der Waals surface area contributed by atoms with Crippen LogP contribution in [0.1, 0.15) is 12.5 Å². The molecule has 1 aromatic heterocycles. The molecule has 2 aromatic carbocycles. The Kier molecular flexibility index (Phi) is 6.26. The van der Waals surface area contributed by atoms with E-state index < -0.39 is 0 Å². The maximum absolute atomic E-state index is 12.7. The van der Waals surface area contributed by atoms with Gasteiger partial charge in [-0.05, 0) is 43.7 Å². The molecule has 1 atom stereocenters. The van der Waals surface area contributed by atoms with E-state index in [1.54, 1.807) is 7.11 Å². The first kappa shape index (κ1) is 20.2. The molecule has 0 spiro atoms. The molecule has 1 unspecified atom stereocenters. The fraction of sp³-hybridized carbons (Fsp3) is 0.250. The molecule has 0 saturated carbocycles. The smallest absolute Gasteiger partial charge is 0.237 e. The van der Waals surface area contributed by atoms with Crippen molar-refractivity contribution in [2.24, 2.45) is 7.05 Å². The average Bonchev–Trinajstić information content (AvgIpc) is 3.02. The van der Waals surface area contributed by atoms with Crippen LogP contribution >= 0.6 is 23.4 Å². The maximum Gasteiger partial charge on any atom is 0.237 e. The number of rotatable bonds is 6. The van der Waals surface area contributed by atoms with Gasteiger partial charge in [-0.3, -0.25) is 4.79 Å². The number of ether oxygens (including phenoxy) is 1. The summed E-state index contributed by atoms with van der Waals surface area (Å²) in [7, 11) is 3.43. The molecule has 8 heteroatoms. The lowest BCUT2D eigenvalue weighted by Crippen LogP contribution is -2.23. The second kappa shape index (κ2) is 8.67. The number of amides is 1. The lowest BCUT2D eigenvalue weighted by Gasteiger charge is -2.14. The van der Waals surface area contributed by atoms with Crippen molar-refractivity contribution >= 4 is 35.0 Å². The summed E-state index contributed by atoms with van der Waals surface area (Å²) in [5.41, 5.74) is 2.48. The molecule has 0 radical (unpaired) electrons. The average molecular weight is 417 g/mol. The van der Waals surface area contributed by atoms with E-state index in [9.17, 15) is 4.79 Å². The molecule has 0 saturated heterocycles. The third kappa shape index (κ3) is 4.31. The highest BCUT2D eigenvalue weighted by molar-refractivity contribution is 8.00. The first-order valence-electron chi connectivity index (χ1n) is 8.67. The highest BCUT2D eigenvalue weighted by atomic mass is 35.5. The summed E-state index contributed by atoms with van der Waals surface area (Å²) in [6.45, 7) is 3.79. The van der Waals surface area contributed by atoms with Gasteiger partial charge in [0.2, 0.25) is 5.91 Å². The Morgan fingerprint density at radius 1 is 1.25 bits per heavy atom. The van der Waals surface area contributed by atoms with E-state index in [0.717, 1.165) is 11.1 Å². The van der Waals surface area contributed by atoms with Crippen LogP contribution in [0.3, 0.4) is 0 Å². The molecule has 28 heavy (non-hydrogen) atoms. The lowest BCUT2D eigenvalue weighted by molar-refractivity contribution is -0.115. The summed E-state index contributed by atoms with van der Waals surface area (Å²) in [6.07, 6.45) is 0. The summed E-state index contributed by atoms with van der Waals surface area (Å²) in [5.74, 6) is 1.13. The van der Waals surface area contributed by atoms with Gasteiger partial charge in [0.1, 0.15) is 5.75 Å². The van der Waals surface area contributed by atoms with Crippen LogP contribution in [-0.2, 0) is 11.8 Å². The Morgan fingerprint density at radius 2 is 2.00 bits per heavy atom. The molecule has 0 aliphatic rings. The van der Waals surface area contributed by atoms with E-state index in [1.165, 1.54) is 11.8 Å². The predicted molar refractivity (Wildman–Crippen MR) is 113 cm³/mol. The zero-order valence-corrected chi connectivity index (χ0v) is 17.6. The van der Waals surface area contributed by atoms with E-state index in [0.29, 0.717) is 27.4 Å². The largest absolute Gasteiger partial charge is 0.495 e. The zero-order valence-electron chi connectivity index (χ0n) is 16.1. The predicted octanol–water partition coefficient (Wildman–Crippen LogP) is 4.57. The summed E-state index contributed by atoms with van der Waals surface area (Å²) < 4.78 is 7.16. The minimum atomic E-state index is -0.382. The van der Waals surface area contributed by atoms with E-state index in [4.69, 9.17) is 16.3 Å². The summed E-state index contributed by atoms with van der Waals surface area (Å²) in [4.78, 5) is 12.7. The topological polar surface area (TPSA) is 69.0 Å². The number of carbonyl (C=O) groups excluding carboxylic acids is 1. The number of hydrogen-bond donors (Lipinski definition) is 1. The molecule has 6 nitrogen and oxygen atoms in total. The molecule has 0 fully saturated rings. The van der Waals surface area contributed by atoms with Crippen LogP contribution in [0.2, 0.25) is 5.02 Å². The van der Waals surface area contributed by atoms with Gasteiger partial charge in [-0.2, -0.15) is 0 Å². The Bertz CT molecular complexity index is 1010. The number of aryl methyl sites for hydroxylation is 1. The molecule has 1 N–H and O–H groups in total. The number of nitrogens with one attached hydrogen (secondary N) is 1. The standard InChI is InChI=1S/C20H21ClN4O2S/c1-12-9-10-17(27-4)16(11-12)22-19(26)13(2)28-20-24-23-18(25(20)3)14-7-5-6-8-15(14)21/h5-11,13H,1-4H3,(H,22,26). The SMILES string of the molecule is COc1ccc(C)cc1NC(=O)C(C)Sc1nnc(-c2ccccc2Cl)n1C. The van der Waals surface area contributed by atoms with Crippen molar-refractivity contribution in [3.05, 3.63) is 53.1 Å². The molecule has 1 heterocycles. The maximum atomic E-state index is 12.7. The van der Waals surface area contributed by atoms with Crippen molar-refractivity contribution in [1.82, 2.24) is 14.8 Å². The molecular weight excluding hydrogens is 396 g/mol. The quantitative estimate of drug-likeness (QED) is 0.596. The first-order chi connectivity index (χ1) is 13.4. The summed E-state index contributed by atoms with van der Waals surface area (Å²) in [6, 6.07) is 13.1.